The van der Waals surface area contributed by atoms with Crippen LogP contribution in [0.25, 0.3) is 0 Å². The van der Waals surface area contributed by atoms with E-state index in [0.29, 0.717) is 5.92 Å². The van der Waals surface area contributed by atoms with Crippen LogP contribution in [-0.4, -0.2) is 37.0 Å². The molecular weight excluding hydrogens is 214 g/mol. The van der Waals surface area contributed by atoms with Crippen molar-refractivity contribution in [1.82, 2.24) is 5.32 Å². The second kappa shape index (κ2) is 6.17. The maximum Gasteiger partial charge on any atom is 0.0613 e. The Balaban J connectivity index is 1.78. The zero-order valence-electron chi connectivity index (χ0n) is 11.1. The Morgan fingerprint density at radius 3 is 2.65 bits per heavy atom. The Labute approximate surface area is 105 Å². The van der Waals surface area contributed by atoms with Gasteiger partial charge in [-0.05, 0) is 50.4 Å². The summed E-state index contributed by atoms with van der Waals surface area (Å²) < 4.78 is 5.50. The van der Waals surface area contributed by atoms with Gasteiger partial charge in [0.25, 0.3) is 0 Å². The van der Waals surface area contributed by atoms with E-state index >= 15 is 0 Å². The quantitative estimate of drug-likeness (QED) is 0.790. The maximum absolute atomic E-state index is 9.66. The molecule has 1 saturated heterocycles. The highest BCUT2D eigenvalue weighted by Crippen LogP contribution is 2.31. The van der Waals surface area contributed by atoms with Crippen molar-refractivity contribution in [3.8, 4) is 0 Å². The lowest BCUT2D eigenvalue weighted by Crippen LogP contribution is -2.52. The summed E-state index contributed by atoms with van der Waals surface area (Å²) in [5.74, 6) is 1.47. The van der Waals surface area contributed by atoms with Gasteiger partial charge in [0, 0.05) is 18.7 Å². The molecule has 17 heavy (non-hydrogen) atoms. The van der Waals surface area contributed by atoms with Crippen LogP contribution in [0.1, 0.15) is 45.4 Å². The molecule has 1 heterocycles. The summed E-state index contributed by atoms with van der Waals surface area (Å²) in [4.78, 5) is 0. The van der Waals surface area contributed by atoms with E-state index in [0.717, 1.165) is 38.5 Å². The third-order valence-electron chi connectivity index (χ3n) is 4.55. The van der Waals surface area contributed by atoms with Gasteiger partial charge in [-0.25, -0.2) is 0 Å². The van der Waals surface area contributed by atoms with Gasteiger partial charge in [0.15, 0.2) is 0 Å². The van der Waals surface area contributed by atoms with Crippen molar-refractivity contribution in [1.29, 1.82) is 0 Å². The lowest BCUT2D eigenvalue weighted by atomic mass is 9.77. The molecule has 0 bridgehead atoms. The van der Waals surface area contributed by atoms with E-state index in [2.05, 4.69) is 12.2 Å². The van der Waals surface area contributed by atoms with Gasteiger partial charge in [-0.2, -0.15) is 0 Å². The molecule has 1 saturated carbocycles. The monoisotopic (exact) mass is 241 g/mol. The number of aliphatic hydroxyl groups is 1. The van der Waals surface area contributed by atoms with Crippen molar-refractivity contribution in [2.75, 3.05) is 26.4 Å². The van der Waals surface area contributed by atoms with Gasteiger partial charge in [0.1, 0.15) is 0 Å². The molecule has 3 nitrogen and oxygen atoms in total. The van der Waals surface area contributed by atoms with Gasteiger partial charge >= 0.3 is 0 Å². The van der Waals surface area contributed by atoms with Crippen molar-refractivity contribution < 1.29 is 9.84 Å². The summed E-state index contributed by atoms with van der Waals surface area (Å²) >= 11 is 0. The molecule has 0 aromatic heterocycles. The highest BCUT2D eigenvalue weighted by Gasteiger charge is 2.33. The van der Waals surface area contributed by atoms with Crippen molar-refractivity contribution in [3.63, 3.8) is 0 Å². The normalized spacial score (nSPS) is 39.2. The first-order valence-corrected chi connectivity index (χ1v) is 7.18. The number of aliphatic hydroxyl groups excluding tert-OH is 1. The standard InChI is InChI=1S/C14H27NO2/c1-12-4-6-14(11-16,7-5-12)15-9-13-3-2-8-17-10-13/h12-13,15-16H,2-11H2,1H3. The molecule has 3 heteroatoms. The van der Waals surface area contributed by atoms with Crippen molar-refractivity contribution >= 4 is 0 Å². The average molecular weight is 241 g/mol. The number of nitrogens with one attached hydrogen (secondary N) is 1. The molecule has 0 aromatic rings. The fourth-order valence-electron chi connectivity index (χ4n) is 3.03. The molecule has 0 amide bonds. The van der Waals surface area contributed by atoms with Gasteiger partial charge in [0.2, 0.25) is 0 Å². The Morgan fingerprint density at radius 2 is 2.06 bits per heavy atom. The number of ether oxygens (including phenoxy) is 1. The molecule has 1 aliphatic heterocycles. The molecule has 2 fully saturated rings. The van der Waals surface area contributed by atoms with E-state index in [1.54, 1.807) is 0 Å². The highest BCUT2D eigenvalue weighted by molar-refractivity contribution is 4.92. The van der Waals surface area contributed by atoms with Crippen LogP contribution < -0.4 is 5.32 Å². The largest absolute Gasteiger partial charge is 0.394 e. The molecule has 0 spiro atoms. The molecule has 0 radical (unpaired) electrons. The summed E-state index contributed by atoms with van der Waals surface area (Å²) in [6.45, 7) is 5.43. The van der Waals surface area contributed by atoms with Crippen LogP contribution >= 0.6 is 0 Å². The first-order valence-electron chi connectivity index (χ1n) is 7.18. The highest BCUT2D eigenvalue weighted by atomic mass is 16.5. The summed E-state index contributed by atoms with van der Waals surface area (Å²) in [6, 6.07) is 0. The summed E-state index contributed by atoms with van der Waals surface area (Å²) in [6.07, 6.45) is 7.19. The average Bonchev–Trinajstić information content (AvgIpc) is 2.40. The SMILES string of the molecule is CC1CCC(CO)(NCC2CCCOC2)CC1. The molecule has 1 unspecified atom stereocenters. The van der Waals surface area contributed by atoms with E-state index in [-0.39, 0.29) is 12.1 Å². The summed E-state index contributed by atoms with van der Waals surface area (Å²) in [5, 5.41) is 13.3. The fraction of sp³-hybridized carbons (Fsp3) is 1.00. The van der Waals surface area contributed by atoms with Gasteiger partial charge in [-0.15, -0.1) is 0 Å². The Morgan fingerprint density at radius 1 is 1.29 bits per heavy atom. The van der Waals surface area contributed by atoms with Crippen LogP contribution in [0.15, 0.2) is 0 Å². The third-order valence-corrected chi connectivity index (χ3v) is 4.55. The second-order valence-corrected chi connectivity index (χ2v) is 6.09. The van der Waals surface area contributed by atoms with E-state index < -0.39 is 0 Å². The van der Waals surface area contributed by atoms with Crippen LogP contribution in [0.5, 0.6) is 0 Å². The maximum atomic E-state index is 9.66. The van der Waals surface area contributed by atoms with Crippen LogP contribution in [0.3, 0.4) is 0 Å². The molecule has 2 aliphatic rings. The lowest BCUT2D eigenvalue weighted by Gasteiger charge is -2.40. The molecule has 0 aromatic carbocycles. The van der Waals surface area contributed by atoms with Gasteiger partial charge in [0.05, 0.1) is 13.2 Å². The second-order valence-electron chi connectivity index (χ2n) is 6.09. The minimum atomic E-state index is 0.00393. The minimum Gasteiger partial charge on any atom is -0.394 e. The molecule has 1 aliphatic carbocycles. The zero-order valence-corrected chi connectivity index (χ0v) is 11.1. The zero-order chi connectivity index (χ0) is 12.1. The molecule has 2 rings (SSSR count). The number of rotatable bonds is 4. The smallest absolute Gasteiger partial charge is 0.0613 e. The third kappa shape index (κ3) is 3.67. The van der Waals surface area contributed by atoms with Crippen LogP contribution in [0, 0.1) is 11.8 Å². The topological polar surface area (TPSA) is 41.5 Å². The van der Waals surface area contributed by atoms with E-state index in [1.807, 2.05) is 0 Å². The fourth-order valence-corrected chi connectivity index (χ4v) is 3.03. The van der Waals surface area contributed by atoms with Crippen molar-refractivity contribution in [2.24, 2.45) is 11.8 Å². The van der Waals surface area contributed by atoms with Crippen LogP contribution in [0.4, 0.5) is 0 Å². The molecular formula is C14H27NO2. The predicted octanol–water partition coefficient (Wildman–Crippen LogP) is 1.94. The van der Waals surface area contributed by atoms with E-state index in [1.165, 1.54) is 25.7 Å². The minimum absolute atomic E-state index is 0.00393. The van der Waals surface area contributed by atoms with E-state index in [9.17, 15) is 5.11 Å². The number of hydrogen-bond acceptors (Lipinski definition) is 3. The molecule has 2 N–H and O–H groups in total. The van der Waals surface area contributed by atoms with Crippen LogP contribution in [0.2, 0.25) is 0 Å². The Bertz CT molecular complexity index is 218. The first-order chi connectivity index (χ1) is 8.24. The Hall–Kier alpha value is -0.120. The van der Waals surface area contributed by atoms with Crippen molar-refractivity contribution in [3.05, 3.63) is 0 Å². The summed E-state index contributed by atoms with van der Waals surface area (Å²) in [7, 11) is 0. The van der Waals surface area contributed by atoms with Crippen LogP contribution in [-0.2, 0) is 4.74 Å². The first kappa shape index (κ1) is 13.3. The number of hydrogen-bond donors (Lipinski definition) is 2. The summed E-state index contributed by atoms with van der Waals surface area (Å²) in [5.41, 5.74) is 0.00393. The van der Waals surface area contributed by atoms with E-state index in [4.69, 9.17) is 4.74 Å². The van der Waals surface area contributed by atoms with Crippen molar-refractivity contribution in [2.45, 2.75) is 51.0 Å². The molecule has 1 atom stereocenters. The van der Waals surface area contributed by atoms with Gasteiger partial charge < -0.3 is 15.2 Å². The molecule has 100 valence electrons. The Kier molecular flexibility index (Phi) is 4.83. The van der Waals surface area contributed by atoms with Gasteiger partial charge in [-0.3, -0.25) is 0 Å². The lowest BCUT2D eigenvalue weighted by molar-refractivity contribution is 0.0420. The predicted molar refractivity (Wildman–Crippen MR) is 69.0 cm³/mol. The van der Waals surface area contributed by atoms with Gasteiger partial charge in [-0.1, -0.05) is 6.92 Å².